The van der Waals surface area contributed by atoms with E-state index in [9.17, 15) is 0 Å². The normalized spacial score (nSPS) is 21.0. The van der Waals surface area contributed by atoms with Gasteiger partial charge in [0.1, 0.15) is 5.75 Å². The SMILES string of the molecule is COc1cc(-c2noc(CN[C@@H]3CCCC[C@H]3OC)n2)ccc1C. The van der Waals surface area contributed by atoms with E-state index in [-0.39, 0.29) is 6.10 Å². The summed E-state index contributed by atoms with van der Waals surface area (Å²) in [6, 6.07) is 6.24. The molecule has 2 atom stereocenters. The zero-order valence-corrected chi connectivity index (χ0v) is 14.5. The second-order valence-electron chi connectivity index (χ2n) is 6.24. The molecule has 6 heteroatoms. The van der Waals surface area contributed by atoms with Gasteiger partial charge in [-0.25, -0.2) is 0 Å². The van der Waals surface area contributed by atoms with Gasteiger partial charge in [-0.2, -0.15) is 4.98 Å². The number of hydrogen-bond donors (Lipinski definition) is 1. The molecule has 0 radical (unpaired) electrons. The van der Waals surface area contributed by atoms with Gasteiger partial charge in [0.05, 0.1) is 19.8 Å². The van der Waals surface area contributed by atoms with Crippen molar-refractivity contribution in [3.8, 4) is 17.1 Å². The molecule has 0 saturated heterocycles. The molecule has 1 saturated carbocycles. The van der Waals surface area contributed by atoms with Gasteiger partial charge in [0.2, 0.25) is 11.7 Å². The van der Waals surface area contributed by atoms with Crippen LogP contribution in [-0.4, -0.2) is 36.5 Å². The minimum atomic E-state index is 0.266. The lowest BCUT2D eigenvalue weighted by atomic mass is 9.92. The third-order valence-corrected chi connectivity index (χ3v) is 4.66. The van der Waals surface area contributed by atoms with Crippen molar-refractivity contribution in [1.29, 1.82) is 0 Å². The fourth-order valence-corrected chi connectivity index (χ4v) is 3.23. The minimum absolute atomic E-state index is 0.266. The predicted octanol–water partition coefficient (Wildman–Crippen LogP) is 3.10. The van der Waals surface area contributed by atoms with Crippen LogP contribution in [0.1, 0.15) is 37.1 Å². The summed E-state index contributed by atoms with van der Waals surface area (Å²) in [5.74, 6) is 1.99. The van der Waals surface area contributed by atoms with Crippen molar-refractivity contribution in [1.82, 2.24) is 15.5 Å². The number of rotatable bonds is 6. The van der Waals surface area contributed by atoms with Gasteiger partial charge in [-0.3, -0.25) is 0 Å². The van der Waals surface area contributed by atoms with E-state index in [1.165, 1.54) is 12.8 Å². The number of methoxy groups -OCH3 is 2. The first-order chi connectivity index (χ1) is 11.7. The van der Waals surface area contributed by atoms with Crippen molar-refractivity contribution < 1.29 is 14.0 Å². The number of nitrogens with one attached hydrogen (secondary N) is 1. The average Bonchev–Trinajstić information content (AvgIpc) is 3.09. The molecule has 0 unspecified atom stereocenters. The van der Waals surface area contributed by atoms with E-state index >= 15 is 0 Å². The largest absolute Gasteiger partial charge is 0.496 e. The van der Waals surface area contributed by atoms with E-state index in [1.54, 1.807) is 14.2 Å². The highest BCUT2D eigenvalue weighted by molar-refractivity contribution is 5.58. The van der Waals surface area contributed by atoms with Crippen LogP contribution in [0, 0.1) is 6.92 Å². The van der Waals surface area contributed by atoms with E-state index in [2.05, 4.69) is 15.5 Å². The van der Waals surface area contributed by atoms with Gasteiger partial charge in [0, 0.05) is 18.7 Å². The Morgan fingerprint density at radius 3 is 2.88 bits per heavy atom. The first-order valence-electron chi connectivity index (χ1n) is 8.45. The van der Waals surface area contributed by atoms with Crippen LogP contribution in [0.2, 0.25) is 0 Å². The Bertz CT molecular complexity index is 671. The van der Waals surface area contributed by atoms with Gasteiger partial charge in [-0.1, -0.05) is 30.1 Å². The van der Waals surface area contributed by atoms with Crippen molar-refractivity contribution in [2.75, 3.05) is 14.2 Å². The molecule has 1 aliphatic carbocycles. The van der Waals surface area contributed by atoms with Crippen LogP contribution >= 0.6 is 0 Å². The topological polar surface area (TPSA) is 69.4 Å². The van der Waals surface area contributed by atoms with Gasteiger partial charge in [-0.05, 0) is 31.4 Å². The molecule has 2 aromatic rings. The number of ether oxygens (including phenoxy) is 2. The summed E-state index contributed by atoms with van der Waals surface area (Å²) in [6.45, 7) is 2.56. The lowest BCUT2D eigenvalue weighted by molar-refractivity contribution is 0.0404. The zero-order valence-electron chi connectivity index (χ0n) is 14.5. The average molecular weight is 331 g/mol. The molecule has 130 valence electrons. The fraction of sp³-hybridized carbons (Fsp3) is 0.556. The lowest BCUT2D eigenvalue weighted by Gasteiger charge is -2.30. The molecule has 1 aromatic heterocycles. The summed E-state index contributed by atoms with van der Waals surface area (Å²) in [5.41, 5.74) is 1.97. The second kappa shape index (κ2) is 7.77. The number of aromatic nitrogens is 2. The Hall–Kier alpha value is -1.92. The van der Waals surface area contributed by atoms with Crippen LogP contribution in [0.25, 0.3) is 11.4 Å². The highest BCUT2D eigenvalue weighted by Crippen LogP contribution is 2.25. The summed E-state index contributed by atoms with van der Waals surface area (Å²) in [7, 11) is 3.44. The molecule has 0 bridgehead atoms. The first kappa shape index (κ1) is 16.9. The predicted molar refractivity (Wildman–Crippen MR) is 90.9 cm³/mol. The molecule has 6 nitrogen and oxygen atoms in total. The Balaban J connectivity index is 1.65. The van der Waals surface area contributed by atoms with E-state index in [0.717, 1.165) is 29.7 Å². The van der Waals surface area contributed by atoms with Crippen LogP contribution in [-0.2, 0) is 11.3 Å². The Labute approximate surface area is 142 Å². The van der Waals surface area contributed by atoms with Crippen LogP contribution in [0.5, 0.6) is 5.75 Å². The Kier molecular flexibility index (Phi) is 5.48. The lowest BCUT2D eigenvalue weighted by Crippen LogP contribution is -2.42. The van der Waals surface area contributed by atoms with Crippen molar-refractivity contribution in [3.63, 3.8) is 0 Å². The van der Waals surface area contributed by atoms with Crippen molar-refractivity contribution >= 4 is 0 Å². The Morgan fingerprint density at radius 1 is 1.25 bits per heavy atom. The molecule has 0 aliphatic heterocycles. The zero-order chi connectivity index (χ0) is 16.9. The van der Waals surface area contributed by atoms with Crippen LogP contribution < -0.4 is 10.1 Å². The smallest absolute Gasteiger partial charge is 0.240 e. The molecule has 1 aliphatic rings. The van der Waals surface area contributed by atoms with Crippen LogP contribution in [0.15, 0.2) is 22.7 Å². The summed E-state index contributed by atoms with van der Waals surface area (Å²) in [6.07, 6.45) is 4.95. The molecule has 3 rings (SSSR count). The molecule has 1 heterocycles. The summed E-state index contributed by atoms with van der Waals surface area (Å²) >= 11 is 0. The molecular formula is C18H25N3O3. The van der Waals surface area contributed by atoms with Gasteiger partial charge in [0.25, 0.3) is 0 Å². The van der Waals surface area contributed by atoms with E-state index in [0.29, 0.717) is 24.3 Å². The van der Waals surface area contributed by atoms with Crippen LogP contribution in [0.4, 0.5) is 0 Å². The number of nitrogens with zero attached hydrogens (tertiary/aromatic N) is 2. The fourth-order valence-electron chi connectivity index (χ4n) is 3.23. The van der Waals surface area contributed by atoms with E-state index in [4.69, 9.17) is 14.0 Å². The van der Waals surface area contributed by atoms with Gasteiger partial charge >= 0.3 is 0 Å². The monoisotopic (exact) mass is 331 g/mol. The van der Waals surface area contributed by atoms with Crippen molar-refractivity contribution in [2.45, 2.75) is 51.3 Å². The highest BCUT2D eigenvalue weighted by Gasteiger charge is 2.24. The molecular weight excluding hydrogens is 306 g/mol. The highest BCUT2D eigenvalue weighted by atomic mass is 16.5. The number of hydrogen-bond acceptors (Lipinski definition) is 6. The van der Waals surface area contributed by atoms with E-state index in [1.807, 2.05) is 25.1 Å². The van der Waals surface area contributed by atoms with Gasteiger partial charge in [-0.15, -0.1) is 0 Å². The third kappa shape index (κ3) is 3.76. The van der Waals surface area contributed by atoms with Crippen molar-refractivity contribution in [3.05, 3.63) is 29.7 Å². The Morgan fingerprint density at radius 2 is 2.08 bits per heavy atom. The summed E-state index contributed by atoms with van der Waals surface area (Å²) in [5, 5.41) is 7.57. The summed E-state index contributed by atoms with van der Waals surface area (Å²) < 4.78 is 16.3. The maximum atomic E-state index is 5.56. The maximum Gasteiger partial charge on any atom is 0.240 e. The van der Waals surface area contributed by atoms with Crippen molar-refractivity contribution in [2.24, 2.45) is 0 Å². The first-order valence-corrected chi connectivity index (χ1v) is 8.45. The third-order valence-electron chi connectivity index (χ3n) is 4.66. The number of aryl methyl sites for hydroxylation is 1. The standard InChI is InChI=1S/C18H25N3O3/c1-12-8-9-13(10-16(12)23-3)18-20-17(24-21-18)11-19-14-6-4-5-7-15(14)22-2/h8-10,14-15,19H,4-7,11H2,1-3H3/t14-,15-/m1/s1. The maximum absolute atomic E-state index is 5.56. The quantitative estimate of drug-likeness (QED) is 0.877. The molecule has 0 spiro atoms. The number of benzene rings is 1. The molecule has 1 aromatic carbocycles. The molecule has 1 fully saturated rings. The second-order valence-corrected chi connectivity index (χ2v) is 6.24. The molecule has 24 heavy (non-hydrogen) atoms. The molecule has 1 N–H and O–H groups in total. The summed E-state index contributed by atoms with van der Waals surface area (Å²) in [4.78, 5) is 4.48. The van der Waals surface area contributed by atoms with Gasteiger partial charge in [0.15, 0.2) is 0 Å². The van der Waals surface area contributed by atoms with Gasteiger partial charge < -0.3 is 19.3 Å². The van der Waals surface area contributed by atoms with E-state index < -0.39 is 0 Å². The van der Waals surface area contributed by atoms with Crippen LogP contribution in [0.3, 0.4) is 0 Å². The minimum Gasteiger partial charge on any atom is -0.496 e. The molecule has 0 amide bonds.